The van der Waals surface area contributed by atoms with E-state index in [9.17, 15) is 9.59 Å². The summed E-state index contributed by atoms with van der Waals surface area (Å²) in [6.45, 7) is 0.115. The first-order valence-electron chi connectivity index (χ1n) is 4.72. The standard InChI is InChI=1S/C9H12N2O5/c10-3-7-4-11(1-2-16-7)8(12)5-15-6-9(13)14/h7H,1-2,4-6H2,(H,13,14). The van der Waals surface area contributed by atoms with Gasteiger partial charge in [0.05, 0.1) is 19.2 Å². The summed E-state index contributed by atoms with van der Waals surface area (Å²) in [6.07, 6.45) is -0.614. The van der Waals surface area contributed by atoms with Gasteiger partial charge in [0, 0.05) is 6.54 Å². The zero-order chi connectivity index (χ0) is 12.0. The van der Waals surface area contributed by atoms with Gasteiger partial charge in [-0.1, -0.05) is 0 Å². The Hall–Kier alpha value is -1.65. The lowest BCUT2D eigenvalue weighted by Gasteiger charge is -2.29. The number of nitriles is 1. The quantitative estimate of drug-likeness (QED) is 0.651. The van der Waals surface area contributed by atoms with Crippen LogP contribution in [0.1, 0.15) is 0 Å². The number of amides is 1. The van der Waals surface area contributed by atoms with Gasteiger partial charge in [0.25, 0.3) is 0 Å². The van der Waals surface area contributed by atoms with Crippen LogP contribution < -0.4 is 0 Å². The van der Waals surface area contributed by atoms with E-state index in [1.54, 1.807) is 0 Å². The van der Waals surface area contributed by atoms with Crippen molar-refractivity contribution in [1.82, 2.24) is 4.90 Å². The Morgan fingerprint density at radius 3 is 2.94 bits per heavy atom. The van der Waals surface area contributed by atoms with E-state index in [2.05, 4.69) is 4.74 Å². The SMILES string of the molecule is N#CC1CN(C(=O)COCC(=O)O)CCO1. The summed E-state index contributed by atoms with van der Waals surface area (Å²) in [6, 6.07) is 1.91. The van der Waals surface area contributed by atoms with Crippen LogP contribution in [0.2, 0.25) is 0 Å². The highest BCUT2D eigenvalue weighted by Crippen LogP contribution is 2.04. The number of hydrogen-bond acceptors (Lipinski definition) is 5. The van der Waals surface area contributed by atoms with Crippen molar-refractivity contribution in [3.63, 3.8) is 0 Å². The van der Waals surface area contributed by atoms with Crippen LogP contribution in [-0.2, 0) is 19.1 Å². The zero-order valence-corrected chi connectivity index (χ0v) is 8.59. The molecule has 0 spiro atoms. The summed E-state index contributed by atoms with van der Waals surface area (Å²) in [5, 5.41) is 16.9. The zero-order valence-electron chi connectivity index (χ0n) is 8.59. The van der Waals surface area contributed by atoms with Gasteiger partial charge in [0.1, 0.15) is 13.2 Å². The van der Waals surface area contributed by atoms with E-state index in [0.29, 0.717) is 13.2 Å². The Morgan fingerprint density at radius 1 is 1.56 bits per heavy atom. The van der Waals surface area contributed by atoms with Gasteiger partial charge in [-0.15, -0.1) is 0 Å². The maximum absolute atomic E-state index is 11.5. The highest BCUT2D eigenvalue weighted by molar-refractivity contribution is 5.78. The van der Waals surface area contributed by atoms with Gasteiger partial charge in [-0.25, -0.2) is 4.79 Å². The molecule has 1 aliphatic heterocycles. The number of carboxylic acids is 1. The molecule has 1 atom stereocenters. The molecule has 0 aromatic carbocycles. The first kappa shape index (κ1) is 12.4. The van der Waals surface area contributed by atoms with E-state index in [-0.39, 0.29) is 19.1 Å². The highest BCUT2D eigenvalue weighted by atomic mass is 16.5. The molecule has 1 N–H and O–H groups in total. The van der Waals surface area contributed by atoms with E-state index in [0.717, 1.165) is 0 Å². The first-order chi connectivity index (χ1) is 7.63. The first-order valence-corrected chi connectivity index (χ1v) is 4.72. The Bertz CT molecular complexity index is 312. The number of morpholine rings is 1. The van der Waals surface area contributed by atoms with Gasteiger partial charge < -0.3 is 19.5 Å². The van der Waals surface area contributed by atoms with E-state index in [4.69, 9.17) is 15.1 Å². The molecule has 0 saturated carbocycles. The fraction of sp³-hybridized carbons (Fsp3) is 0.667. The molecule has 88 valence electrons. The minimum Gasteiger partial charge on any atom is -0.480 e. The van der Waals surface area contributed by atoms with Crippen molar-refractivity contribution in [3.05, 3.63) is 0 Å². The largest absolute Gasteiger partial charge is 0.480 e. The van der Waals surface area contributed by atoms with Crippen LogP contribution in [0.4, 0.5) is 0 Å². The van der Waals surface area contributed by atoms with E-state index < -0.39 is 18.7 Å². The van der Waals surface area contributed by atoms with Crippen molar-refractivity contribution in [1.29, 1.82) is 5.26 Å². The predicted molar refractivity (Wildman–Crippen MR) is 50.4 cm³/mol. The lowest BCUT2D eigenvalue weighted by Crippen LogP contribution is -2.46. The number of carbonyl (C=O) groups excluding carboxylic acids is 1. The molecule has 7 nitrogen and oxygen atoms in total. The van der Waals surface area contributed by atoms with Gasteiger partial charge in [0.15, 0.2) is 6.10 Å². The summed E-state index contributed by atoms with van der Waals surface area (Å²) in [5.74, 6) is -1.45. The van der Waals surface area contributed by atoms with Crippen LogP contribution in [-0.4, -0.2) is 60.9 Å². The fourth-order valence-corrected chi connectivity index (χ4v) is 1.27. The number of nitrogens with zero attached hydrogens (tertiary/aromatic N) is 2. The summed E-state index contributed by atoms with van der Waals surface area (Å²) in [4.78, 5) is 23.1. The van der Waals surface area contributed by atoms with Gasteiger partial charge in [0.2, 0.25) is 5.91 Å². The lowest BCUT2D eigenvalue weighted by atomic mass is 10.3. The molecule has 1 amide bonds. The topological polar surface area (TPSA) is 99.9 Å². The summed E-state index contributed by atoms with van der Waals surface area (Å²) in [7, 11) is 0. The molecule has 1 heterocycles. The van der Waals surface area contributed by atoms with Crippen molar-refractivity contribution in [2.24, 2.45) is 0 Å². The summed E-state index contributed by atoms with van der Waals surface area (Å²) < 4.78 is 9.72. The molecule has 16 heavy (non-hydrogen) atoms. The predicted octanol–water partition coefficient (Wildman–Crippen LogP) is -1.16. The molecule has 0 radical (unpaired) electrons. The maximum atomic E-state index is 11.5. The number of carboxylic acid groups (broad SMARTS) is 1. The van der Waals surface area contributed by atoms with E-state index in [1.165, 1.54) is 4.90 Å². The smallest absolute Gasteiger partial charge is 0.329 e. The van der Waals surface area contributed by atoms with E-state index >= 15 is 0 Å². The third-order valence-corrected chi connectivity index (χ3v) is 2.01. The minimum atomic E-state index is -1.12. The third kappa shape index (κ3) is 3.84. The van der Waals surface area contributed by atoms with Crippen LogP contribution in [0.5, 0.6) is 0 Å². The van der Waals surface area contributed by atoms with Crippen LogP contribution in [0, 0.1) is 11.3 Å². The monoisotopic (exact) mass is 228 g/mol. The van der Waals surface area contributed by atoms with Crippen molar-refractivity contribution in [2.45, 2.75) is 6.10 Å². The molecule has 0 aromatic rings. The molecule has 1 unspecified atom stereocenters. The average Bonchev–Trinajstić information content (AvgIpc) is 2.28. The molecular weight excluding hydrogens is 216 g/mol. The average molecular weight is 228 g/mol. The molecule has 0 bridgehead atoms. The van der Waals surface area contributed by atoms with Gasteiger partial charge in [-0.05, 0) is 0 Å². The van der Waals surface area contributed by atoms with Crippen LogP contribution in [0.25, 0.3) is 0 Å². The van der Waals surface area contributed by atoms with Crippen LogP contribution in [0.3, 0.4) is 0 Å². The molecule has 1 fully saturated rings. The van der Waals surface area contributed by atoms with Crippen molar-refractivity contribution in [2.75, 3.05) is 32.9 Å². The molecular formula is C9H12N2O5. The number of carbonyl (C=O) groups is 2. The van der Waals surface area contributed by atoms with Gasteiger partial charge in [-0.2, -0.15) is 5.26 Å². The molecule has 0 aliphatic carbocycles. The van der Waals surface area contributed by atoms with Crippen molar-refractivity contribution in [3.8, 4) is 6.07 Å². The van der Waals surface area contributed by atoms with Crippen molar-refractivity contribution < 1.29 is 24.2 Å². The minimum absolute atomic E-state index is 0.200. The number of aliphatic carboxylic acids is 1. The van der Waals surface area contributed by atoms with Gasteiger partial charge >= 0.3 is 5.97 Å². The Morgan fingerprint density at radius 2 is 2.31 bits per heavy atom. The van der Waals surface area contributed by atoms with E-state index in [1.807, 2.05) is 6.07 Å². The number of ether oxygens (including phenoxy) is 2. The third-order valence-electron chi connectivity index (χ3n) is 2.01. The normalized spacial score (nSPS) is 20.2. The molecule has 0 aromatic heterocycles. The van der Waals surface area contributed by atoms with Crippen LogP contribution >= 0.6 is 0 Å². The lowest BCUT2D eigenvalue weighted by molar-refractivity contribution is -0.148. The molecule has 1 saturated heterocycles. The highest BCUT2D eigenvalue weighted by Gasteiger charge is 2.23. The summed E-state index contributed by atoms with van der Waals surface area (Å²) >= 11 is 0. The molecule has 1 rings (SSSR count). The second kappa shape index (κ2) is 6.05. The number of rotatable bonds is 4. The van der Waals surface area contributed by atoms with Gasteiger partial charge in [-0.3, -0.25) is 4.79 Å². The number of hydrogen-bond donors (Lipinski definition) is 1. The van der Waals surface area contributed by atoms with Crippen molar-refractivity contribution >= 4 is 11.9 Å². The maximum Gasteiger partial charge on any atom is 0.329 e. The van der Waals surface area contributed by atoms with Crippen LogP contribution in [0.15, 0.2) is 0 Å². The molecule has 7 heteroatoms. The second-order valence-electron chi connectivity index (χ2n) is 3.21. The Labute approximate surface area is 92.1 Å². The Balaban J connectivity index is 2.30. The summed E-state index contributed by atoms with van der Waals surface area (Å²) in [5.41, 5.74) is 0. The molecule has 1 aliphatic rings. The second-order valence-corrected chi connectivity index (χ2v) is 3.21. The fourth-order valence-electron chi connectivity index (χ4n) is 1.27. The Kier molecular flexibility index (Phi) is 4.69.